The molecule has 2 N–H and O–H groups in total. The van der Waals surface area contributed by atoms with Gasteiger partial charge in [0.15, 0.2) is 11.7 Å². The van der Waals surface area contributed by atoms with Crippen molar-refractivity contribution >= 4 is 45.0 Å². The molecule has 2 aromatic rings. The lowest BCUT2D eigenvalue weighted by Crippen LogP contribution is -2.24. The third-order valence-electron chi connectivity index (χ3n) is 3.42. The highest BCUT2D eigenvalue weighted by Gasteiger charge is 2.28. The first-order valence-electron chi connectivity index (χ1n) is 7.02. The summed E-state index contributed by atoms with van der Waals surface area (Å²) >= 11 is 1.21. The molecule has 5 nitrogen and oxygen atoms in total. The monoisotopic (exact) mass is 381 g/mol. The molecule has 1 aromatic heterocycles. The predicted molar refractivity (Wildman–Crippen MR) is 88.0 cm³/mol. The van der Waals surface area contributed by atoms with Crippen molar-refractivity contribution in [3.63, 3.8) is 0 Å². The average molecular weight is 382 g/mol. The molecule has 1 atom stereocenters. The second-order valence-corrected chi connectivity index (χ2v) is 6.26. The number of alkyl halides is 3. The molecular weight excluding hydrogens is 367 g/mol. The fourth-order valence-corrected chi connectivity index (χ4v) is 3.20. The Bertz CT molecular complexity index is 717. The molecule has 0 radical (unpaired) electrons. The number of thiazole rings is 1. The van der Waals surface area contributed by atoms with Crippen molar-refractivity contribution < 1.29 is 22.7 Å². The normalized spacial score (nSPS) is 17.5. The second kappa shape index (κ2) is 7.54. The molecule has 1 aliphatic rings. The minimum absolute atomic E-state index is 0. The Morgan fingerprint density at radius 3 is 2.92 bits per heavy atom. The van der Waals surface area contributed by atoms with Crippen LogP contribution in [0.1, 0.15) is 6.42 Å². The number of hydrogen-bond donors (Lipinski definition) is 2. The third-order valence-corrected chi connectivity index (χ3v) is 4.36. The fraction of sp³-hybridized carbons (Fsp3) is 0.429. The number of halogens is 4. The molecule has 1 fully saturated rings. The summed E-state index contributed by atoms with van der Waals surface area (Å²) in [5, 5.41) is 6.30. The van der Waals surface area contributed by atoms with E-state index < -0.39 is 12.8 Å². The van der Waals surface area contributed by atoms with Gasteiger partial charge in [0, 0.05) is 6.54 Å². The Morgan fingerprint density at radius 1 is 1.46 bits per heavy atom. The first-order chi connectivity index (χ1) is 10.9. The molecule has 1 amide bonds. The van der Waals surface area contributed by atoms with Crippen LogP contribution in [0.3, 0.4) is 0 Å². The smallest absolute Gasteiger partial charge is 0.422 e. The molecule has 2 heterocycles. The van der Waals surface area contributed by atoms with Crippen molar-refractivity contribution in [1.29, 1.82) is 0 Å². The van der Waals surface area contributed by atoms with Crippen LogP contribution < -0.4 is 15.4 Å². The van der Waals surface area contributed by atoms with Crippen LogP contribution in [-0.2, 0) is 4.79 Å². The van der Waals surface area contributed by atoms with E-state index >= 15 is 0 Å². The molecular formula is C14H15ClF3N3O2S. The molecule has 10 heteroatoms. The number of fused-ring (bicyclic) bond motifs is 1. The van der Waals surface area contributed by atoms with Crippen LogP contribution in [0.25, 0.3) is 10.2 Å². The van der Waals surface area contributed by atoms with Gasteiger partial charge in [-0.1, -0.05) is 11.3 Å². The number of carbonyl (C=O) groups excluding carboxylic acids is 1. The summed E-state index contributed by atoms with van der Waals surface area (Å²) in [6.45, 7) is 0.125. The van der Waals surface area contributed by atoms with Gasteiger partial charge in [-0.2, -0.15) is 13.2 Å². The van der Waals surface area contributed by atoms with Gasteiger partial charge in [-0.25, -0.2) is 4.98 Å². The molecule has 3 rings (SSSR count). The molecule has 1 unspecified atom stereocenters. The Balaban J connectivity index is 0.00000208. The third kappa shape index (κ3) is 4.71. The maximum atomic E-state index is 12.2. The molecule has 24 heavy (non-hydrogen) atoms. The van der Waals surface area contributed by atoms with Crippen LogP contribution in [-0.4, -0.2) is 36.8 Å². The summed E-state index contributed by atoms with van der Waals surface area (Å²) in [6, 6.07) is 4.50. The number of ether oxygens (including phenoxy) is 1. The highest BCUT2D eigenvalue weighted by Crippen LogP contribution is 2.30. The maximum Gasteiger partial charge on any atom is 0.422 e. The van der Waals surface area contributed by atoms with E-state index in [1.807, 2.05) is 0 Å². The predicted octanol–water partition coefficient (Wildman–Crippen LogP) is 3.21. The molecule has 1 aromatic carbocycles. The summed E-state index contributed by atoms with van der Waals surface area (Å²) in [5.41, 5.74) is 0.606. The van der Waals surface area contributed by atoms with Crippen molar-refractivity contribution in [2.45, 2.75) is 12.6 Å². The molecule has 1 saturated heterocycles. The van der Waals surface area contributed by atoms with E-state index in [0.29, 0.717) is 21.9 Å². The second-order valence-electron chi connectivity index (χ2n) is 5.23. The first-order valence-corrected chi connectivity index (χ1v) is 7.84. The number of nitrogens with zero attached hydrogens (tertiary/aromatic N) is 1. The van der Waals surface area contributed by atoms with Crippen LogP contribution in [0.2, 0.25) is 0 Å². The average Bonchev–Trinajstić information content (AvgIpc) is 3.12. The number of hydrogen-bond acceptors (Lipinski definition) is 5. The largest absolute Gasteiger partial charge is 0.484 e. The lowest BCUT2D eigenvalue weighted by Gasteiger charge is -2.08. The van der Waals surface area contributed by atoms with Crippen LogP contribution in [0.15, 0.2) is 18.2 Å². The van der Waals surface area contributed by atoms with E-state index in [1.165, 1.54) is 23.5 Å². The summed E-state index contributed by atoms with van der Waals surface area (Å²) in [4.78, 5) is 16.3. The van der Waals surface area contributed by atoms with Crippen molar-refractivity contribution in [1.82, 2.24) is 10.3 Å². The van der Waals surface area contributed by atoms with Crippen molar-refractivity contribution in [3.05, 3.63) is 18.2 Å². The van der Waals surface area contributed by atoms with Crippen LogP contribution in [0.5, 0.6) is 5.75 Å². The first kappa shape index (κ1) is 18.8. The molecule has 0 bridgehead atoms. The van der Waals surface area contributed by atoms with Crippen molar-refractivity contribution in [2.24, 2.45) is 5.92 Å². The minimum Gasteiger partial charge on any atom is -0.484 e. The van der Waals surface area contributed by atoms with Gasteiger partial charge in [0.25, 0.3) is 0 Å². The number of nitrogens with one attached hydrogen (secondary N) is 2. The zero-order valence-corrected chi connectivity index (χ0v) is 14.0. The number of aromatic nitrogens is 1. The molecule has 132 valence electrons. The number of carbonyl (C=O) groups is 1. The fourth-order valence-electron chi connectivity index (χ4n) is 2.30. The van der Waals surface area contributed by atoms with Gasteiger partial charge in [0.2, 0.25) is 5.91 Å². The van der Waals surface area contributed by atoms with Crippen LogP contribution in [0.4, 0.5) is 18.3 Å². The SMILES string of the molecule is Cl.O=C(Nc1nc2ccc(OCC(F)(F)F)cc2s1)C1CCNC1. The zero-order valence-electron chi connectivity index (χ0n) is 12.4. The van der Waals surface area contributed by atoms with Gasteiger partial charge in [0.05, 0.1) is 16.1 Å². The van der Waals surface area contributed by atoms with Gasteiger partial charge in [0.1, 0.15) is 5.75 Å². The van der Waals surface area contributed by atoms with Gasteiger partial charge in [-0.15, -0.1) is 12.4 Å². The maximum absolute atomic E-state index is 12.2. The Kier molecular flexibility index (Phi) is 5.89. The van der Waals surface area contributed by atoms with E-state index in [0.717, 1.165) is 13.0 Å². The molecule has 0 aliphatic carbocycles. The molecule has 0 spiro atoms. The van der Waals surface area contributed by atoms with Crippen molar-refractivity contribution in [2.75, 3.05) is 25.0 Å². The molecule has 0 saturated carbocycles. The minimum atomic E-state index is -4.38. The van der Waals surface area contributed by atoms with Crippen LogP contribution >= 0.6 is 23.7 Å². The lowest BCUT2D eigenvalue weighted by atomic mass is 10.1. The Hall–Kier alpha value is -1.58. The van der Waals surface area contributed by atoms with E-state index in [9.17, 15) is 18.0 Å². The topological polar surface area (TPSA) is 63.2 Å². The number of rotatable bonds is 4. The Labute approximate surface area is 146 Å². The van der Waals surface area contributed by atoms with E-state index in [1.54, 1.807) is 6.07 Å². The van der Waals surface area contributed by atoms with Gasteiger partial charge in [-0.05, 0) is 31.2 Å². The van der Waals surface area contributed by atoms with Gasteiger partial charge in [-0.3, -0.25) is 4.79 Å². The number of anilines is 1. The summed E-state index contributed by atoms with van der Waals surface area (Å²) in [7, 11) is 0. The number of amides is 1. The summed E-state index contributed by atoms with van der Waals surface area (Å²) < 4.78 is 41.9. The zero-order chi connectivity index (χ0) is 16.4. The highest BCUT2D eigenvalue weighted by atomic mass is 35.5. The number of benzene rings is 1. The van der Waals surface area contributed by atoms with Gasteiger partial charge >= 0.3 is 6.18 Å². The summed E-state index contributed by atoms with van der Waals surface area (Å²) in [6.07, 6.45) is -3.59. The molecule has 1 aliphatic heterocycles. The van der Waals surface area contributed by atoms with E-state index in [-0.39, 0.29) is 30.0 Å². The standard InChI is InChI=1S/C14H14F3N3O2S.ClH/c15-14(16,17)7-22-9-1-2-10-11(5-9)23-13(19-10)20-12(21)8-3-4-18-6-8;/h1-2,5,8,18H,3-4,6-7H2,(H,19,20,21);1H. The van der Waals surface area contributed by atoms with E-state index in [2.05, 4.69) is 15.6 Å². The summed E-state index contributed by atoms with van der Waals surface area (Å²) in [5.74, 6) is -0.0494. The lowest BCUT2D eigenvalue weighted by molar-refractivity contribution is -0.153. The van der Waals surface area contributed by atoms with Crippen molar-refractivity contribution in [3.8, 4) is 5.75 Å². The van der Waals surface area contributed by atoms with Crippen LogP contribution in [0, 0.1) is 5.92 Å². The quantitative estimate of drug-likeness (QED) is 0.853. The van der Waals surface area contributed by atoms with E-state index in [4.69, 9.17) is 4.74 Å². The highest BCUT2D eigenvalue weighted by molar-refractivity contribution is 7.22. The Morgan fingerprint density at radius 2 is 2.25 bits per heavy atom. The van der Waals surface area contributed by atoms with Gasteiger partial charge < -0.3 is 15.4 Å².